The van der Waals surface area contributed by atoms with E-state index in [1.54, 1.807) is 0 Å². The Bertz CT molecular complexity index is 1180. The van der Waals surface area contributed by atoms with Crippen LogP contribution in [0.5, 0.6) is 11.5 Å². The predicted octanol–water partition coefficient (Wildman–Crippen LogP) is 4.77. The number of hydrogen-bond donors (Lipinski definition) is 1. The highest BCUT2D eigenvalue weighted by Crippen LogP contribution is 2.31. The molecule has 1 amide bonds. The van der Waals surface area contributed by atoms with Crippen molar-refractivity contribution in [2.24, 2.45) is 5.92 Å². The molecule has 3 heterocycles. The molecule has 1 N–H and O–H groups in total. The van der Waals surface area contributed by atoms with Crippen LogP contribution in [0.4, 0.5) is 10.1 Å². The number of amides is 1. The maximum absolute atomic E-state index is 14.0. The number of aromatic nitrogens is 1. The zero-order valence-electron chi connectivity index (χ0n) is 19.2. The van der Waals surface area contributed by atoms with E-state index in [0.717, 1.165) is 61.4 Å². The summed E-state index contributed by atoms with van der Waals surface area (Å²) in [7, 11) is 0. The quantitative estimate of drug-likeness (QED) is 0.545. The number of rotatable bonds is 6. The first-order chi connectivity index (χ1) is 16.0. The minimum absolute atomic E-state index is 0. The number of nitrogens with zero attached hydrogens (tertiary/aromatic N) is 2. The second-order valence-electron chi connectivity index (χ2n) is 8.93. The molecule has 0 spiro atoms. The number of benzene rings is 2. The summed E-state index contributed by atoms with van der Waals surface area (Å²) in [4.78, 5) is 18.4. The molecule has 0 bridgehead atoms. The minimum atomic E-state index is -0.329. The molecular weight excluding hydrogens is 457 g/mol. The first-order valence-electron chi connectivity index (χ1n) is 11.5. The smallest absolute Gasteiger partial charge is 0.262 e. The Labute approximate surface area is 204 Å². The van der Waals surface area contributed by atoms with Gasteiger partial charge in [-0.2, -0.15) is 0 Å². The fourth-order valence-electron chi connectivity index (χ4n) is 4.68. The zero-order chi connectivity index (χ0) is 22.8. The lowest BCUT2D eigenvalue weighted by Gasteiger charge is -2.32. The van der Waals surface area contributed by atoms with Crippen LogP contribution in [0.3, 0.4) is 0 Å². The van der Waals surface area contributed by atoms with Gasteiger partial charge in [-0.3, -0.25) is 14.7 Å². The van der Waals surface area contributed by atoms with Gasteiger partial charge in [-0.15, -0.1) is 12.4 Å². The number of pyridine rings is 1. The Hall–Kier alpha value is -2.90. The van der Waals surface area contributed by atoms with E-state index in [9.17, 15) is 9.18 Å². The van der Waals surface area contributed by atoms with Crippen LogP contribution < -0.4 is 14.8 Å². The molecule has 34 heavy (non-hydrogen) atoms. The standard InChI is InChI=1S/C26H28FN3O3.ClH/c1-17-2-4-21-22(28-17)14-20(27)15-25(21)32-11-10-30-8-6-18(7-9-30)12-19-3-5-24-23(13-19)29-26(31)16-33-24;/h2-5,13-15,18H,6-12,16H2,1H3,(H,29,31);1H. The maximum atomic E-state index is 14.0. The van der Waals surface area contributed by atoms with Gasteiger partial charge >= 0.3 is 0 Å². The van der Waals surface area contributed by atoms with Gasteiger partial charge in [-0.25, -0.2) is 4.39 Å². The van der Waals surface area contributed by atoms with Crippen LogP contribution in [0.1, 0.15) is 24.1 Å². The summed E-state index contributed by atoms with van der Waals surface area (Å²) in [6, 6.07) is 12.8. The highest BCUT2D eigenvalue weighted by atomic mass is 35.5. The molecule has 0 radical (unpaired) electrons. The number of halogens is 2. The lowest BCUT2D eigenvalue weighted by molar-refractivity contribution is -0.118. The lowest BCUT2D eigenvalue weighted by atomic mass is 9.90. The monoisotopic (exact) mass is 485 g/mol. The lowest BCUT2D eigenvalue weighted by Crippen LogP contribution is -2.37. The third kappa shape index (κ3) is 5.59. The van der Waals surface area contributed by atoms with Crippen LogP contribution in [0.2, 0.25) is 0 Å². The molecule has 0 saturated carbocycles. The van der Waals surface area contributed by atoms with E-state index in [0.29, 0.717) is 23.8 Å². The van der Waals surface area contributed by atoms with Crippen molar-refractivity contribution in [2.75, 3.05) is 38.2 Å². The average Bonchev–Trinajstić information content (AvgIpc) is 2.79. The van der Waals surface area contributed by atoms with Crippen LogP contribution in [0.15, 0.2) is 42.5 Å². The van der Waals surface area contributed by atoms with E-state index in [1.807, 2.05) is 31.2 Å². The van der Waals surface area contributed by atoms with E-state index >= 15 is 0 Å². The molecule has 1 saturated heterocycles. The average molecular weight is 486 g/mol. The summed E-state index contributed by atoms with van der Waals surface area (Å²) >= 11 is 0. The van der Waals surface area contributed by atoms with Crippen molar-refractivity contribution in [3.8, 4) is 11.5 Å². The summed E-state index contributed by atoms with van der Waals surface area (Å²) in [5.74, 6) is 1.47. The SMILES string of the molecule is Cc1ccc2c(OCCN3CCC(Cc4ccc5c(c4)NC(=O)CO5)CC3)cc(F)cc2n1.Cl. The number of ether oxygens (including phenoxy) is 2. The third-order valence-electron chi connectivity index (χ3n) is 6.45. The Morgan fingerprint density at radius 1 is 1.18 bits per heavy atom. The van der Waals surface area contributed by atoms with Crippen molar-refractivity contribution in [1.82, 2.24) is 9.88 Å². The first-order valence-corrected chi connectivity index (χ1v) is 11.5. The zero-order valence-corrected chi connectivity index (χ0v) is 20.0. The molecule has 180 valence electrons. The summed E-state index contributed by atoms with van der Waals surface area (Å²) in [6.07, 6.45) is 3.23. The van der Waals surface area contributed by atoms with Gasteiger partial charge in [0.25, 0.3) is 5.91 Å². The van der Waals surface area contributed by atoms with E-state index in [2.05, 4.69) is 21.3 Å². The number of nitrogens with one attached hydrogen (secondary N) is 1. The molecule has 3 aromatic rings. The number of carbonyl (C=O) groups excluding carboxylic acids is 1. The van der Waals surface area contributed by atoms with Crippen LogP contribution in [0.25, 0.3) is 10.9 Å². The highest BCUT2D eigenvalue weighted by molar-refractivity contribution is 5.95. The number of piperidine rings is 1. The van der Waals surface area contributed by atoms with Crippen molar-refractivity contribution < 1.29 is 18.7 Å². The summed E-state index contributed by atoms with van der Waals surface area (Å²) in [6.45, 7) is 5.34. The molecule has 1 fully saturated rings. The summed E-state index contributed by atoms with van der Waals surface area (Å²) < 4.78 is 25.4. The number of fused-ring (bicyclic) bond motifs is 2. The fraction of sp³-hybridized carbons (Fsp3) is 0.385. The minimum Gasteiger partial charge on any atom is -0.491 e. The maximum Gasteiger partial charge on any atom is 0.262 e. The van der Waals surface area contributed by atoms with Gasteiger partial charge in [0.2, 0.25) is 0 Å². The van der Waals surface area contributed by atoms with Gasteiger partial charge in [-0.05, 0) is 75.0 Å². The molecule has 0 aliphatic carbocycles. The van der Waals surface area contributed by atoms with Gasteiger partial charge in [-0.1, -0.05) is 6.07 Å². The van der Waals surface area contributed by atoms with Crippen molar-refractivity contribution >= 4 is 34.9 Å². The second-order valence-corrected chi connectivity index (χ2v) is 8.93. The largest absolute Gasteiger partial charge is 0.491 e. The van der Waals surface area contributed by atoms with Gasteiger partial charge in [0, 0.05) is 29.8 Å². The van der Waals surface area contributed by atoms with Crippen molar-refractivity contribution in [3.63, 3.8) is 0 Å². The molecule has 2 aromatic carbocycles. The van der Waals surface area contributed by atoms with Crippen LogP contribution in [-0.2, 0) is 11.2 Å². The molecule has 1 aromatic heterocycles. The van der Waals surface area contributed by atoms with E-state index in [-0.39, 0.29) is 30.7 Å². The number of hydrogen-bond acceptors (Lipinski definition) is 5. The Balaban J connectivity index is 0.00000274. The van der Waals surface area contributed by atoms with Crippen LogP contribution in [-0.4, -0.2) is 48.6 Å². The van der Waals surface area contributed by atoms with Gasteiger partial charge in [0.05, 0.1) is 11.2 Å². The second kappa shape index (κ2) is 10.6. The van der Waals surface area contributed by atoms with Gasteiger partial charge < -0.3 is 14.8 Å². The summed E-state index contributed by atoms with van der Waals surface area (Å²) in [5, 5.41) is 3.73. The van der Waals surface area contributed by atoms with E-state index in [4.69, 9.17) is 9.47 Å². The Morgan fingerprint density at radius 2 is 2.00 bits per heavy atom. The number of aryl methyl sites for hydroxylation is 1. The van der Waals surface area contributed by atoms with E-state index in [1.165, 1.54) is 17.7 Å². The van der Waals surface area contributed by atoms with Gasteiger partial charge in [0.15, 0.2) is 6.61 Å². The van der Waals surface area contributed by atoms with Gasteiger partial charge in [0.1, 0.15) is 23.9 Å². The third-order valence-corrected chi connectivity index (χ3v) is 6.45. The molecule has 5 rings (SSSR count). The highest BCUT2D eigenvalue weighted by Gasteiger charge is 2.21. The van der Waals surface area contributed by atoms with Crippen LogP contribution in [0, 0.1) is 18.7 Å². The number of likely N-dealkylation sites (tertiary alicyclic amines) is 1. The number of carbonyl (C=O) groups is 1. The molecule has 2 aliphatic rings. The summed E-state index contributed by atoms with van der Waals surface area (Å²) in [5.41, 5.74) is 3.48. The Morgan fingerprint density at radius 3 is 2.82 bits per heavy atom. The molecule has 8 heteroatoms. The normalized spacial score (nSPS) is 16.4. The van der Waals surface area contributed by atoms with Crippen molar-refractivity contribution in [2.45, 2.75) is 26.2 Å². The molecule has 2 aliphatic heterocycles. The fourth-order valence-corrected chi connectivity index (χ4v) is 4.68. The Kier molecular flexibility index (Phi) is 7.54. The molecule has 0 unspecified atom stereocenters. The van der Waals surface area contributed by atoms with Crippen LogP contribution >= 0.6 is 12.4 Å². The molecular formula is C26H29ClFN3O3. The topological polar surface area (TPSA) is 63.7 Å². The molecule has 6 nitrogen and oxygen atoms in total. The van der Waals surface area contributed by atoms with E-state index < -0.39 is 0 Å². The van der Waals surface area contributed by atoms with Crippen molar-refractivity contribution in [1.29, 1.82) is 0 Å². The molecule has 0 atom stereocenters. The number of anilines is 1. The van der Waals surface area contributed by atoms with Crippen molar-refractivity contribution in [3.05, 3.63) is 59.5 Å². The first kappa shape index (κ1) is 24.2. The predicted molar refractivity (Wildman–Crippen MR) is 133 cm³/mol.